The van der Waals surface area contributed by atoms with Crippen LogP contribution < -0.4 is 25.8 Å². The van der Waals surface area contributed by atoms with Crippen molar-refractivity contribution in [1.29, 1.82) is 0 Å². The molecule has 1 rings (SSSR count). The molecule has 0 saturated heterocycles. The Bertz CT molecular complexity index is 319. The molecule has 17 heavy (non-hydrogen) atoms. The zero-order valence-corrected chi connectivity index (χ0v) is 10.2. The van der Waals surface area contributed by atoms with E-state index in [9.17, 15) is 0 Å². The number of hydrogen-bond donors (Lipinski definition) is 2. The van der Waals surface area contributed by atoms with E-state index in [-0.39, 0.29) is 0 Å². The minimum Gasteiger partial charge on any atom is -0.481 e. The van der Waals surface area contributed by atoms with Crippen molar-refractivity contribution < 1.29 is 9.47 Å². The van der Waals surface area contributed by atoms with E-state index in [0.717, 1.165) is 0 Å². The second kappa shape index (κ2) is 6.87. The summed E-state index contributed by atoms with van der Waals surface area (Å²) in [4.78, 5) is 10.4. The highest BCUT2D eigenvalue weighted by molar-refractivity contribution is 5.36. The van der Waals surface area contributed by atoms with Gasteiger partial charge in [0.1, 0.15) is 0 Å². The predicted molar refractivity (Wildman–Crippen MR) is 65.5 cm³/mol. The first kappa shape index (κ1) is 13.5. The summed E-state index contributed by atoms with van der Waals surface area (Å²) in [6.07, 6.45) is 0. The fraction of sp³-hybridized carbons (Fsp3) is 0.600. The van der Waals surface area contributed by atoms with Gasteiger partial charge in [0, 0.05) is 26.2 Å². The highest BCUT2D eigenvalue weighted by atomic mass is 16.5. The lowest BCUT2D eigenvalue weighted by molar-refractivity contribution is 0.371. The van der Waals surface area contributed by atoms with Gasteiger partial charge < -0.3 is 25.8 Å². The Balaban J connectivity index is 2.99. The first-order valence-electron chi connectivity index (χ1n) is 5.37. The summed E-state index contributed by atoms with van der Waals surface area (Å²) in [6, 6.07) is 1.62. The number of nitrogens with two attached hydrogens (primary N) is 2. The molecule has 0 aliphatic heterocycles. The molecule has 7 nitrogen and oxygen atoms in total. The minimum absolute atomic E-state index is 0.450. The van der Waals surface area contributed by atoms with Gasteiger partial charge in [-0.2, -0.15) is 9.97 Å². The molecule has 0 amide bonds. The summed E-state index contributed by atoms with van der Waals surface area (Å²) >= 11 is 0. The summed E-state index contributed by atoms with van der Waals surface area (Å²) in [6.45, 7) is 2.27. The van der Waals surface area contributed by atoms with Crippen LogP contribution in [0.15, 0.2) is 6.07 Å². The molecule has 0 aliphatic carbocycles. The van der Waals surface area contributed by atoms with E-state index in [4.69, 9.17) is 20.9 Å². The first-order chi connectivity index (χ1) is 8.24. The lowest BCUT2D eigenvalue weighted by Gasteiger charge is -2.21. The van der Waals surface area contributed by atoms with Crippen LogP contribution >= 0.6 is 0 Å². The number of hydrogen-bond acceptors (Lipinski definition) is 7. The van der Waals surface area contributed by atoms with E-state index < -0.39 is 0 Å². The Morgan fingerprint density at radius 2 is 1.53 bits per heavy atom. The molecular formula is C10H19N5O2. The van der Waals surface area contributed by atoms with Crippen LogP contribution in [0.4, 0.5) is 5.95 Å². The van der Waals surface area contributed by atoms with Gasteiger partial charge in [0.05, 0.1) is 20.3 Å². The Morgan fingerprint density at radius 1 is 1.06 bits per heavy atom. The van der Waals surface area contributed by atoms with E-state index in [1.165, 1.54) is 0 Å². The molecule has 1 aromatic rings. The van der Waals surface area contributed by atoms with Gasteiger partial charge in [0.2, 0.25) is 17.7 Å². The second-order valence-electron chi connectivity index (χ2n) is 3.32. The molecule has 0 bridgehead atoms. The highest BCUT2D eigenvalue weighted by Gasteiger charge is 2.11. The maximum atomic E-state index is 5.54. The molecule has 96 valence electrons. The number of ether oxygens (including phenoxy) is 2. The molecule has 7 heteroatoms. The smallest absolute Gasteiger partial charge is 0.232 e. The normalized spacial score (nSPS) is 10.1. The lowest BCUT2D eigenvalue weighted by atomic mass is 10.4. The summed E-state index contributed by atoms with van der Waals surface area (Å²) in [5, 5.41) is 0. The van der Waals surface area contributed by atoms with Crippen molar-refractivity contribution in [3.8, 4) is 11.8 Å². The zero-order chi connectivity index (χ0) is 12.7. The van der Waals surface area contributed by atoms with Crippen LogP contribution in [0.5, 0.6) is 11.8 Å². The highest BCUT2D eigenvalue weighted by Crippen LogP contribution is 2.19. The van der Waals surface area contributed by atoms with Gasteiger partial charge >= 0.3 is 0 Å². The van der Waals surface area contributed by atoms with Crippen LogP contribution in [0.3, 0.4) is 0 Å². The summed E-state index contributed by atoms with van der Waals surface area (Å²) in [7, 11) is 3.09. The van der Waals surface area contributed by atoms with Gasteiger partial charge in [-0.15, -0.1) is 0 Å². The molecule has 0 fully saturated rings. The Hall–Kier alpha value is -1.60. The van der Waals surface area contributed by atoms with E-state index in [1.54, 1.807) is 20.3 Å². The molecule has 0 radical (unpaired) electrons. The van der Waals surface area contributed by atoms with Crippen LogP contribution in [0.1, 0.15) is 0 Å². The summed E-state index contributed by atoms with van der Waals surface area (Å²) in [5.74, 6) is 1.41. The van der Waals surface area contributed by atoms with Crippen molar-refractivity contribution in [1.82, 2.24) is 9.97 Å². The fourth-order valence-electron chi connectivity index (χ4n) is 1.37. The second-order valence-corrected chi connectivity index (χ2v) is 3.32. The largest absolute Gasteiger partial charge is 0.481 e. The molecule has 0 atom stereocenters. The molecule has 1 aromatic heterocycles. The van der Waals surface area contributed by atoms with Gasteiger partial charge in [0.25, 0.3) is 0 Å². The Kier molecular flexibility index (Phi) is 5.44. The fourth-order valence-corrected chi connectivity index (χ4v) is 1.37. The van der Waals surface area contributed by atoms with Gasteiger partial charge in [-0.1, -0.05) is 0 Å². The van der Waals surface area contributed by atoms with E-state index in [2.05, 4.69) is 9.97 Å². The Morgan fingerprint density at radius 3 is 1.88 bits per heavy atom. The van der Waals surface area contributed by atoms with Gasteiger partial charge in [-0.05, 0) is 0 Å². The first-order valence-corrected chi connectivity index (χ1v) is 5.37. The lowest BCUT2D eigenvalue weighted by Crippen LogP contribution is -2.35. The molecule has 0 aliphatic rings. The van der Waals surface area contributed by atoms with E-state index in [0.29, 0.717) is 43.9 Å². The average molecular weight is 241 g/mol. The van der Waals surface area contributed by atoms with Crippen molar-refractivity contribution in [2.45, 2.75) is 0 Å². The van der Waals surface area contributed by atoms with E-state index >= 15 is 0 Å². The topological polar surface area (TPSA) is 99.5 Å². The molecule has 4 N–H and O–H groups in total. The maximum Gasteiger partial charge on any atom is 0.232 e. The number of nitrogens with zero attached hydrogens (tertiary/aromatic N) is 3. The zero-order valence-electron chi connectivity index (χ0n) is 10.2. The minimum atomic E-state index is 0.450. The van der Waals surface area contributed by atoms with Crippen LogP contribution in [-0.2, 0) is 0 Å². The van der Waals surface area contributed by atoms with Crippen LogP contribution in [0, 0.1) is 0 Å². The third-order valence-corrected chi connectivity index (χ3v) is 2.17. The number of anilines is 1. The predicted octanol–water partition coefficient (Wildman–Crippen LogP) is -0.782. The average Bonchev–Trinajstić information content (AvgIpc) is 2.37. The molecule has 0 saturated carbocycles. The van der Waals surface area contributed by atoms with Crippen molar-refractivity contribution in [2.75, 3.05) is 45.3 Å². The van der Waals surface area contributed by atoms with Gasteiger partial charge in [0.15, 0.2) is 0 Å². The number of aromatic nitrogens is 2. The van der Waals surface area contributed by atoms with Crippen molar-refractivity contribution in [3.63, 3.8) is 0 Å². The number of rotatable bonds is 7. The van der Waals surface area contributed by atoms with Crippen LogP contribution in [-0.4, -0.2) is 50.4 Å². The van der Waals surface area contributed by atoms with Crippen LogP contribution in [0.25, 0.3) is 0 Å². The maximum absolute atomic E-state index is 5.54. The molecule has 0 spiro atoms. The van der Waals surface area contributed by atoms with Gasteiger partial charge in [-0.3, -0.25) is 0 Å². The SMILES string of the molecule is COc1cc(OC)nc(N(CCN)CCN)n1. The molecule has 1 heterocycles. The third kappa shape index (κ3) is 3.72. The van der Waals surface area contributed by atoms with Crippen molar-refractivity contribution in [2.24, 2.45) is 11.5 Å². The molecule has 0 unspecified atom stereocenters. The third-order valence-electron chi connectivity index (χ3n) is 2.17. The quantitative estimate of drug-likeness (QED) is 0.645. The Labute approximate surface area is 101 Å². The van der Waals surface area contributed by atoms with Crippen LogP contribution in [0.2, 0.25) is 0 Å². The van der Waals surface area contributed by atoms with Crippen molar-refractivity contribution >= 4 is 5.95 Å². The monoisotopic (exact) mass is 241 g/mol. The number of methoxy groups -OCH3 is 2. The van der Waals surface area contributed by atoms with E-state index in [1.807, 2.05) is 4.90 Å². The summed E-state index contributed by atoms with van der Waals surface area (Å²) < 4.78 is 10.2. The summed E-state index contributed by atoms with van der Waals surface area (Å²) in [5.41, 5.74) is 11.1. The molecule has 0 aromatic carbocycles. The van der Waals surface area contributed by atoms with Crippen molar-refractivity contribution in [3.05, 3.63) is 6.07 Å². The standard InChI is InChI=1S/C10H19N5O2/c1-16-8-7-9(17-2)14-10(13-8)15(5-3-11)6-4-12/h7H,3-6,11-12H2,1-2H3. The van der Waals surface area contributed by atoms with Gasteiger partial charge in [-0.25, -0.2) is 0 Å². The molecular weight excluding hydrogens is 222 g/mol.